The molecule has 0 aliphatic carbocycles. The first kappa shape index (κ1) is 31.3. The summed E-state index contributed by atoms with van der Waals surface area (Å²) in [5.74, 6) is -3.61. The summed E-state index contributed by atoms with van der Waals surface area (Å²) in [5, 5.41) is 10.1. The highest BCUT2D eigenvalue weighted by molar-refractivity contribution is 5.94. The molecule has 3 heterocycles. The number of carbonyl (C=O) groups is 2. The van der Waals surface area contributed by atoms with Crippen LogP contribution in [0, 0.1) is 5.41 Å². The van der Waals surface area contributed by atoms with Gasteiger partial charge in [-0.05, 0) is 44.0 Å². The van der Waals surface area contributed by atoms with Crippen LogP contribution in [0.5, 0.6) is 0 Å². The number of nitrogens with one attached hydrogen (secondary N) is 2. The second-order valence-corrected chi connectivity index (χ2v) is 10.0. The number of nitrogens with zero attached hydrogens (tertiary/aromatic N) is 3. The zero-order valence-electron chi connectivity index (χ0n) is 23.1. The van der Waals surface area contributed by atoms with E-state index in [1.165, 1.54) is 47.5 Å². The van der Waals surface area contributed by atoms with E-state index < -0.39 is 47.9 Å². The van der Waals surface area contributed by atoms with Crippen LogP contribution in [0.15, 0.2) is 69.7 Å². The number of halogens is 5. The van der Waals surface area contributed by atoms with E-state index in [1.807, 2.05) is 0 Å². The van der Waals surface area contributed by atoms with E-state index in [1.54, 1.807) is 13.0 Å². The number of piperidine rings is 1. The highest BCUT2D eigenvalue weighted by Gasteiger charge is 2.36. The molecule has 13 heteroatoms. The number of furan rings is 1. The Balaban J connectivity index is 1.50. The number of alkyl halides is 5. The van der Waals surface area contributed by atoms with Gasteiger partial charge in [-0.3, -0.25) is 20.0 Å². The molecule has 0 spiro atoms. The predicted octanol–water partition coefficient (Wildman–Crippen LogP) is 6.57. The molecule has 43 heavy (non-hydrogen) atoms. The summed E-state index contributed by atoms with van der Waals surface area (Å²) in [6, 6.07) is 6.54. The third-order valence-corrected chi connectivity index (χ3v) is 6.80. The molecule has 1 saturated heterocycles. The third-order valence-electron chi connectivity index (χ3n) is 6.80. The van der Waals surface area contributed by atoms with Gasteiger partial charge < -0.3 is 14.6 Å². The van der Waals surface area contributed by atoms with Gasteiger partial charge in [0.05, 0.1) is 23.4 Å². The first-order chi connectivity index (χ1) is 20.3. The van der Waals surface area contributed by atoms with Gasteiger partial charge in [0.2, 0.25) is 5.91 Å². The second-order valence-electron chi connectivity index (χ2n) is 10.0. The molecule has 8 nitrogen and oxygen atoms in total. The van der Waals surface area contributed by atoms with Crippen LogP contribution in [0.4, 0.5) is 22.0 Å². The third kappa shape index (κ3) is 7.99. The van der Waals surface area contributed by atoms with Crippen molar-refractivity contribution in [1.29, 1.82) is 5.41 Å². The summed E-state index contributed by atoms with van der Waals surface area (Å²) in [4.78, 5) is 33.9. The van der Waals surface area contributed by atoms with E-state index >= 15 is 0 Å². The van der Waals surface area contributed by atoms with Gasteiger partial charge in [0.25, 0.3) is 11.8 Å². The molecule has 4 rings (SSSR count). The number of hydrogen-bond acceptors (Lipinski definition) is 5. The fourth-order valence-electron chi connectivity index (χ4n) is 4.39. The van der Waals surface area contributed by atoms with Crippen LogP contribution < -0.4 is 5.32 Å². The number of aliphatic imine (C=N–C) groups is 1. The minimum Gasteiger partial charge on any atom is -0.459 e. The monoisotopic (exact) mass is 601 g/mol. The molecular weight excluding hydrogens is 573 g/mol. The van der Waals surface area contributed by atoms with E-state index in [4.69, 9.17) is 9.83 Å². The molecule has 226 valence electrons. The van der Waals surface area contributed by atoms with Crippen LogP contribution in [0.3, 0.4) is 0 Å². The van der Waals surface area contributed by atoms with Crippen LogP contribution in [-0.2, 0) is 17.5 Å². The molecule has 3 aromatic rings. The molecule has 0 bridgehead atoms. The number of amidine groups is 1. The van der Waals surface area contributed by atoms with Crippen LogP contribution in [0.1, 0.15) is 47.9 Å². The van der Waals surface area contributed by atoms with Gasteiger partial charge in [-0.1, -0.05) is 17.7 Å². The van der Waals surface area contributed by atoms with Crippen molar-refractivity contribution in [3.8, 4) is 11.3 Å². The van der Waals surface area contributed by atoms with Crippen LogP contribution in [-0.4, -0.2) is 53.3 Å². The number of amides is 2. The SMILES string of the molecule is C=NC(=N)C/C=C(C)/C=C/C(=O)NCc1cc2cc(-c3ccc(C(=O)N4CCC(F)(F)CC4)cn3)cc(C(F)(F)F)c2o1. The number of carbonyl (C=O) groups excluding carboxylic acids is 2. The molecule has 0 saturated carbocycles. The maximum atomic E-state index is 14.0. The normalized spacial score (nSPS) is 15.6. The smallest absolute Gasteiger partial charge is 0.420 e. The number of rotatable bonds is 8. The average Bonchev–Trinajstić information content (AvgIpc) is 3.39. The quantitative estimate of drug-likeness (QED) is 0.100. The Kier molecular flexibility index (Phi) is 9.22. The summed E-state index contributed by atoms with van der Waals surface area (Å²) in [6.45, 7) is 4.61. The highest BCUT2D eigenvalue weighted by atomic mass is 19.4. The standard InChI is InChI=1S/C30H28F5N5O3/c1-18(3-7-25(36)37-2)4-8-26(41)39-17-22-14-21-13-20(15-23(27(21)43-22)30(33,34)35)24-6-5-19(16-38-24)28(42)40-11-9-29(31,32)10-12-40/h3-6,8,13-16,36H,2,7,9-12,17H2,1H3,(H,39,41)/b8-4+,18-3+,36-25?. The zero-order chi connectivity index (χ0) is 31.4. The highest BCUT2D eigenvalue weighted by Crippen LogP contribution is 2.39. The summed E-state index contributed by atoms with van der Waals surface area (Å²) in [6.07, 6.45) is 0.297. The van der Waals surface area contributed by atoms with E-state index in [-0.39, 0.29) is 59.9 Å². The minimum absolute atomic E-state index is 0.0796. The maximum Gasteiger partial charge on any atom is 0.420 e. The molecule has 0 atom stereocenters. The van der Waals surface area contributed by atoms with Crippen molar-refractivity contribution in [3.05, 3.63) is 77.2 Å². The largest absolute Gasteiger partial charge is 0.459 e. The number of fused-ring (bicyclic) bond motifs is 1. The van der Waals surface area contributed by atoms with E-state index in [2.05, 4.69) is 22.0 Å². The topological polar surface area (TPSA) is 112 Å². The zero-order valence-corrected chi connectivity index (χ0v) is 23.1. The van der Waals surface area contributed by atoms with E-state index in [0.29, 0.717) is 5.57 Å². The maximum absolute atomic E-state index is 14.0. The van der Waals surface area contributed by atoms with Crippen molar-refractivity contribution in [2.45, 2.75) is 44.8 Å². The number of pyridine rings is 1. The van der Waals surface area contributed by atoms with Crippen molar-refractivity contribution in [2.24, 2.45) is 4.99 Å². The van der Waals surface area contributed by atoms with Crippen LogP contribution >= 0.6 is 0 Å². The molecule has 2 amide bonds. The molecule has 1 fully saturated rings. The lowest BCUT2D eigenvalue weighted by Crippen LogP contribution is -2.42. The Morgan fingerprint density at radius 3 is 2.53 bits per heavy atom. The number of aromatic nitrogens is 1. The number of hydrogen-bond donors (Lipinski definition) is 2. The van der Waals surface area contributed by atoms with Gasteiger partial charge >= 0.3 is 6.18 Å². The van der Waals surface area contributed by atoms with Gasteiger partial charge in [0.1, 0.15) is 17.2 Å². The molecule has 0 unspecified atom stereocenters. The number of allylic oxidation sites excluding steroid dienone is 2. The Hall–Kier alpha value is -4.68. The Morgan fingerprint density at radius 2 is 1.91 bits per heavy atom. The number of likely N-dealkylation sites (tertiary alicyclic amines) is 1. The predicted molar refractivity (Wildman–Crippen MR) is 151 cm³/mol. The lowest BCUT2D eigenvalue weighted by atomic mass is 10.0. The Morgan fingerprint density at radius 1 is 1.19 bits per heavy atom. The second kappa shape index (κ2) is 12.7. The van der Waals surface area contributed by atoms with Crippen LogP contribution in [0.2, 0.25) is 0 Å². The van der Waals surface area contributed by atoms with Gasteiger partial charge in [0.15, 0.2) is 0 Å². The first-order valence-electron chi connectivity index (χ1n) is 13.2. The van der Waals surface area contributed by atoms with Crippen molar-refractivity contribution >= 4 is 35.3 Å². The van der Waals surface area contributed by atoms with Crippen LogP contribution in [0.25, 0.3) is 22.2 Å². The Bertz CT molecular complexity index is 1600. The van der Waals surface area contributed by atoms with Crippen molar-refractivity contribution < 1.29 is 36.0 Å². The molecule has 1 aliphatic rings. The molecule has 2 N–H and O–H groups in total. The fraction of sp³-hybridized carbons (Fsp3) is 0.300. The molecule has 2 aromatic heterocycles. The van der Waals surface area contributed by atoms with E-state index in [0.717, 1.165) is 6.07 Å². The average molecular weight is 602 g/mol. The molecule has 0 radical (unpaired) electrons. The number of benzene rings is 1. The van der Waals surface area contributed by atoms with Gasteiger partial charge in [0, 0.05) is 55.6 Å². The van der Waals surface area contributed by atoms with Crippen molar-refractivity contribution in [3.63, 3.8) is 0 Å². The van der Waals surface area contributed by atoms with Gasteiger partial charge in [-0.2, -0.15) is 13.2 Å². The fourth-order valence-corrected chi connectivity index (χ4v) is 4.39. The summed E-state index contributed by atoms with van der Waals surface area (Å²) in [7, 11) is 0. The molecule has 1 aromatic carbocycles. The van der Waals surface area contributed by atoms with Gasteiger partial charge in [-0.15, -0.1) is 0 Å². The van der Waals surface area contributed by atoms with Crippen molar-refractivity contribution in [2.75, 3.05) is 13.1 Å². The lowest BCUT2D eigenvalue weighted by Gasteiger charge is -2.31. The summed E-state index contributed by atoms with van der Waals surface area (Å²) >= 11 is 0. The van der Waals surface area contributed by atoms with E-state index in [9.17, 15) is 31.5 Å². The van der Waals surface area contributed by atoms with Crippen molar-refractivity contribution in [1.82, 2.24) is 15.2 Å². The molecule has 1 aliphatic heterocycles. The molecular formula is C30H28F5N5O3. The summed E-state index contributed by atoms with van der Waals surface area (Å²) < 4.78 is 74.3. The summed E-state index contributed by atoms with van der Waals surface area (Å²) in [5.41, 5.74) is -0.302. The minimum atomic E-state index is -4.76. The first-order valence-corrected chi connectivity index (χ1v) is 13.2. The Labute approximate surface area is 243 Å². The van der Waals surface area contributed by atoms with Gasteiger partial charge in [-0.25, -0.2) is 13.8 Å². The lowest BCUT2D eigenvalue weighted by molar-refractivity contribution is -0.136.